The van der Waals surface area contributed by atoms with Gasteiger partial charge in [-0.3, -0.25) is 14.6 Å². The number of amides is 2. The van der Waals surface area contributed by atoms with E-state index < -0.39 is 35.9 Å². The summed E-state index contributed by atoms with van der Waals surface area (Å²) in [6.07, 6.45) is -1.12. The maximum Gasteiger partial charge on any atom is 0.411 e. The average molecular weight is 286 g/mol. The largest absolute Gasteiger partial charge is 0.480 e. The summed E-state index contributed by atoms with van der Waals surface area (Å²) in [6.45, 7) is 5.54. The van der Waals surface area contributed by atoms with E-state index in [0.717, 1.165) is 4.90 Å². The van der Waals surface area contributed by atoms with E-state index in [1.54, 1.807) is 20.8 Å². The Bertz CT molecular complexity index is 449. The summed E-state index contributed by atoms with van der Waals surface area (Å²) in [7, 11) is 0. The quantitative estimate of drug-likeness (QED) is 0.794. The Morgan fingerprint density at radius 2 is 1.95 bits per heavy atom. The summed E-state index contributed by atoms with van der Waals surface area (Å²) in [5.41, 5.74) is -1.37. The third-order valence-electron chi connectivity index (χ3n) is 2.98. The Kier molecular flexibility index (Phi) is 3.27. The molecule has 0 aromatic carbocycles. The van der Waals surface area contributed by atoms with Gasteiger partial charge in [0.1, 0.15) is 12.1 Å². The Morgan fingerprint density at radius 1 is 1.35 bits per heavy atom. The predicted octanol–water partition coefficient (Wildman–Crippen LogP) is 0.513. The minimum absolute atomic E-state index is 0.178. The van der Waals surface area contributed by atoms with E-state index in [0.29, 0.717) is 0 Å². The highest BCUT2D eigenvalue weighted by Crippen LogP contribution is 2.33. The van der Waals surface area contributed by atoms with Crippen LogP contribution < -0.4 is 0 Å². The topological polar surface area (TPSA) is 96.4 Å². The fraction of sp³-hybridized carbons (Fsp3) is 0.750. The van der Waals surface area contributed by atoms with Crippen LogP contribution in [0.3, 0.4) is 0 Å². The molecule has 8 nitrogen and oxygen atoms in total. The van der Waals surface area contributed by atoms with Crippen LogP contribution in [0.25, 0.3) is 0 Å². The standard InChI is InChI=1S/C12H18N2O6/c1-11(2,3)19-10(18)14-6-12(7-14)5-13(4-8(15)16)9(17)20-12/h4-7H2,1-3H3,(H,15,16). The lowest BCUT2D eigenvalue weighted by Gasteiger charge is -2.45. The number of carboxylic acids is 1. The zero-order chi connectivity index (χ0) is 15.1. The van der Waals surface area contributed by atoms with Gasteiger partial charge in [0.2, 0.25) is 0 Å². The number of hydrogen-bond acceptors (Lipinski definition) is 5. The summed E-state index contributed by atoms with van der Waals surface area (Å²) < 4.78 is 10.4. The van der Waals surface area contributed by atoms with Gasteiger partial charge < -0.3 is 14.6 Å². The van der Waals surface area contributed by atoms with E-state index in [-0.39, 0.29) is 19.6 Å². The zero-order valence-electron chi connectivity index (χ0n) is 11.7. The summed E-state index contributed by atoms with van der Waals surface area (Å²) >= 11 is 0. The molecular formula is C12H18N2O6. The maximum absolute atomic E-state index is 11.8. The van der Waals surface area contributed by atoms with Crippen molar-refractivity contribution in [3.05, 3.63) is 0 Å². The second-order valence-electron chi connectivity index (χ2n) is 6.14. The van der Waals surface area contributed by atoms with Crippen LogP contribution in [0, 0.1) is 0 Å². The van der Waals surface area contributed by atoms with Gasteiger partial charge in [0, 0.05) is 0 Å². The molecule has 0 unspecified atom stereocenters. The van der Waals surface area contributed by atoms with Crippen molar-refractivity contribution in [1.82, 2.24) is 9.80 Å². The fourth-order valence-corrected chi connectivity index (χ4v) is 2.25. The Morgan fingerprint density at radius 3 is 2.45 bits per heavy atom. The first kappa shape index (κ1) is 14.4. The summed E-state index contributed by atoms with van der Waals surface area (Å²) in [6, 6.07) is 0. The second-order valence-corrected chi connectivity index (χ2v) is 6.14. The van der Waals surface area contributed by atoms with Gasteiger partial charge in [0.15, 0.2) is 5.60 Å². The molecule has 1 spiro atoms. The van der Waals surface area contributed by atoms with Crippen molar-refractivity contribution in [2.45, 2.75) is 32.0 Å². The van der Waals surface area contributed by atoms with Gasteiger partial charge >= 0.3 is 18.2 Å². The lowest BCUT2D eigenvalue weighted by atomic mass is 9.95. The van der Waals surface area contributed by atoms with Crippen LogP contribution in [0.5, 0.6) is 0 Å². The Labute approximate surface area is 116 Å². The van der Waals surface area contributed by atoms with E-state index in [1.165, 1.54) is 4.90 Å². The smallest absolute Gasteiger partial charge is 0.411 e. The van der Waals surface area contributed by atoms with Crippen molar-refractivity contribution < 1.29 is 29.0 Å². The summed E-state index contributed by atoms with van der Waals surface area (Å²) in [4.78, 5) is 36.5. The SMILES string of the molecule is CC(C)(C)OC(=O)N1CC2(C1)CN(CC(=O)O)C(=O)O2. The Balaban J connectivity index is 1.88. The molecule has 2 aliphatic heterocycles. The van der Waals surface area contributed by atoms with E-state index in [9.17, 15) is 14.4 Å². The Hall–Kier alpha value is -1.99. The van der Waals surface area contributed by atoms with Gasteiger partial charge in [-0.2, -0.15) is 0 Å². The van der Waals surface area contributed by atoms with Crippen molar-refractivity contribution in [2.24, 2.45) is 0 Å². The van der Waals surface area contributed by atoms with Crippen LogP contribution in [0.15, 0.2) is 0 Å². The highest BCUT2D eigenvalue weighted by molar-refractivity contribution is 5.79. The van der Waals surface area contributed by atoms with Crippen molar-refractivity contribution in [3.8, 4) is 0 Å². The molecule has 0 aromatic heterocycles. The molecular weight excluding hydrogens is 268 g/mol. The monoisotopic (exact) mass is 286 g/mol. The molecule has 2 rings (SSSR count). The number of likely N-dealkylation sites (tertiary alicyclic amines) is 1. The van der Waals surface area contributed by atoms with Crippen LogP contribution in [-0.2, 0) is 14.3 Å². The molecule has 2 fully saturated rings. The van der Waals surface area contributed by atoms with Crippen LogP contribution >= 0.6 is 0 Å². The number of carbonyl (C=O) groups is 3. The molecule has 0 aromatic rings. The van der Waals surface area contributed by atoms with Crippen molar-refractivity contribution in [3.63, 3.8) is 0 Å². The molecule has 2 aliphatic rings. The van der Waals surface area contributed by atoms with Gasteiger partial charge in [-0.25, -0.2) is 9.59 Å². The number of ether oxygens (including phenoxy) is 2. The minimum atomic E-state index is -1.10. The van der Waals surface area contributed by atoms with Gasteiger partial charge in [0.25, 0.3) is 0 Å². The zero-order valence-corrected chi connectivity index (χ0v) is 11.7. The summed E-state index contributed by atoms with van der Waals surface area (Å²) in [5, 5.41) is 8.69. The van der Waals surface area contributed by atoms with E-state index >= 15 is 0 Å². The number of carboxylic acid groups (broad SMARTS) is 1. The number of hydrogen-bond donors (Lipinski definition) is 1. The molecule has 0 radical (unpaired) electrons. The first-order valence-corrected chi connectivity index (χ1v) is 6.28. The fourth-order valence-electron chi connectivity index (χ4n) is 2.25. The molecule has 8 heteroatoms. The minimum Gasteiger partial charge on any atom is -0.480 e. The molecule has 2 saturated heterocycles. The lowest BCUT2D eigenvalue weighted by Crippen LogP contribution is -2.66. The average Bonchev–Trinajstić information content (AvgIpc) is 2.50. The van der Waals surface area contributed by atoms with Crippen LogP contribution in [-0.4, -0.2) is 70.4 Å². The van der Waals surface area contributed by atoms with Gasteiger partial charge in [-0.1, -0.05) is 0 Å². The normalized spacial score (nSPS) is 20.6. The molecule has 20 heavy (non-hydrogen) atoms. The molecule has 0 bridgehead atoms. The first-order chi connectivity index (χ1) is 9.10. The predicted molar refractivity (Wildman–Crippen MR) is 66.2 cm³/mol. The molecule has 1 N–H and O–H groups in total. The number of aliphatic carboxylic acids is 1. The van der Waals surface area contributed by atoms with Gasteiger partial charge in [0.05, 0.1) is 19.6 Å². The van der Waals surface area contributed by atoms with E-state index in [1.807, 2.05) is 0 Å². The van der Waals surface area contributed by atoms with E-state index in [4.69, 9.17) is 14.6 Å². The second kappa shape index (κ2) is 4.53. The third kappa shape index (κ3) is 2.94. The van der Waals surface area contributed by atoms with Crippen molar-refractivity contribution in [1.29, 1.82) is 0 Å². The highest BCUT2D eigenvalue weighted by Gasteiger charge is 2.56. The third-order valence-corrected chi connectivity index (χ3v) is 2.98. The molecule has 0 saturated carbocycles. The highest BCUT2D eigenvalue weighted by atomic mass is 16.6. The molecule has 2 heterocycles. The molecule has 2 amide bonds. The van der Waals surface area contributed by atoms with E-state index in [2.05, 4.69) is 0 Å². The van der Waals surface area contributed by atoms with Crippen molar-refractivity contribution in [2.75, 3.05) is 26.2 Å². The maximum atomic E-state index is 11.8. The first-order valence-electron chi connectivity index (χ1n) is 6.28. The molecule has 0 aliphatic carbocycles. The van der Waals surface area contributed by atoms with Crippen LogP contribution in [0.4, 0.5) is 9.59 Å². The molecule has 0 atom stereocenters. The lowest BCUT2D eigenvalue weighted by molar-refractivity contribution is -0.137. The van der Waals surface area contributed by atoms with Gasteiger partial charge in [-0.15, -0.1) is 0 Å². The van der Waals surface area contributed by atoms with Gasteiger partial charge in [-0.05, 0) is 20.8 Å². The number of rotatable bonds is 2. The number of nitrogens with zero attached hydrogens (tertiary/aromatic N) is 2. The van der Waals surface area contributed by atoms with Crippen LogP contribution in [0.2, 0.25) is 0 Å². The summed E-state index contributed by atoms with van der Waals surface area (Å²) in [5.74, 6) is -1.10. The number of carbonyl (C=O) groups excluding carboxylic acids is 2. The van der Waals surface area contributed by atoms with Crippen molar-refractivity contribution >= 4 is 18.2 Å². The van der Waals surface area contributed by atoms with Crippen LogP contribution in [0.1, 0.15) is 20.8 Å². The molecule has 112 valence electrons.